The van der Waals surface area contributed by atoms with Crippen LogP contribution in [0.5, 0.6) is 0 Å². The molecular weight excluding hydrogens is 529 g/mol. The number of rotatable bonds is 7. The second-order valence-electron chi connectivity index (χ2n) is 8.27. The molecule has 0 bridgehead atoms. The topological polar surface area (TPSA) is 62.2 Å². The van der Waals surface area contributed by atoms with Crippen LogP contribution in [0.3, 0.4) is 0 Å². The molecule has 0 spiro atoms. The van der Waals surface area contributed by atoms with E-state index < -0.39 is 0 Å². The van der Waals surface area contributed by atoms with Gasteiger partial charge in [-0.15, -0.1) is 24.0 Å². The summed E-state index contributed by atoms with van der Waals surface area (Å²) in [5.41, 5.74) is 2.42. The zero-order chi connectivity index (χ0) is 22.0. The molecule has 1 N–H and O–H groups in total. The lowest BCUT2D eigenvalue weighted by Gasteiger charge is -2.37. The SMILES string of the molecule is CCNC(=NCc1ccc(COC2CCOCC2)cc1)N1CCN(c2ccccn2)CC1.I. The first kappa shape index (κ1) is 25.7. The summed E-state index contributed by atoms with van der Waals surface area (Å²) in [6.45, 7) is 9.71. The highest BCUT2D eigenvalue weighted by Crippen LogP contribution is 2.15. The van der Waals surface area contributed by atoms with Crippen LogP contribution < -0.4 is 10.2 Å². The number of halogens is 1. The average Bonchev–Trinajstić information content (AvgIpc) is 2.87. The summed E-state index contributed by atoms with van der Waals surface area (Å²) in [5, 5.41) is 3.46. The maximum absolute atomic E-state index is 6.03. The number of hydrogen-bond acceptors (Lipinski definition) is 5. The largest absolute Gasteiger partial charge is 0.381 e. The predicted molar refractivity (Wildman–Crippen MR) is 143 cm³/mol. The molecule has 0 radical (unpaired) electrons. The summed E-state index contributed by atoms with van der Waals surface area (Å²) in [5.74, 6) is 2.04. The zero-order valence-corrected chi connectivity index (χ0v) is 21.8. The van der Waals surface area contributed by atoms with Crippen molar-refractivity contribution in [2.75, 3.05) is 50.8 Å². The van der Waals surface area contributed by atoms with Crippen molar-refractivity contribution < 1.29 is 9.47 Å². The van der Waals surface area contributed by atoms with Gasteiger partial charge in [-0.2, -0.15) is 0 Å². The van der Waals surface area contributed by atoms with Gasteiger partial charge in [0.25, 0.3) is 0 Å². The number of benzene rings is 1. The van der Waals surface area contributed by atoms with E-state index in [0.717, 1.165) is 70.6 Å². The van der Waals surface area contributed by atoms with Crippen molar-refractivity contribution in [2.24, 2.45) is 4.99 Å². The summed E-state index contributed by atoms with van der Waals surface area (Å²) >= 11 is 0. The summed E-state index contributed by atoms with van der Waals surface area (Å²) in [6, 6.07) is 14.7. The third kappa shape index (κ3) is 7.82. The maximum atomic E-state index is 6.03. The van der Waals surface area contributed by atoms with Crippen LogP contribution in [-0.4, -0.2) is 67.9 Å². The second-order valence-corrected chi connectivity index (χ2v) is 8.27. The van der Waals surface area contributed by atoms with Gasteiger partial charge >= 0.3 is 0 Å². The monoisotopic (exact) mass is 565 g/mol. The van der Waals surface area contributed by atoms with Crippen molar-refractivity contribution in [1.82, 2.24) is 15.2 Å². The first-order valence-electron chi connectivity index (χ1n) is 11.8. The van der Waals surface area contributed by atoms with Crippen LogP contribution in [0, 0.1) is 0 Å². The van der Waals surface area contributed by atoms with E-state index in [-0.39, 0.29) is 24.0 Å². The lowest BCUT2D eigenvalue weighted by molar-refractivity contribution is -0.0390. The van der Waals surface area contributed by atoms with Crippen molar-refractivity contribution >= 4 is 35.8 Å². The molecule has 1 aromatic carbocycles. The minimum Gasteiger partial charge on any atom is -0.381 e. The van der Waals surface area contributed by atoms with E-state index in [9.17, 15) is 0 Å². The normalized spacial score (nSPS) is 17.5. The van der Waals surface area contributed by atoms with Gasteiger partial charge in [0.05, 0.1) is 19.3 Å². The molecule has 1 aromatic heterocycles. The number of guanidine groups is 1. The predicted octanol–water partition coefficient (Wildman–Crippen LogP) is 3.68. The number of aromatic nitrogens is 1. The molecule has 4 rings (SSSR count). The Morgan fingerprint density at radius 2 is 1.79 bits per heavy atom. The van der Waals surface area contributed by atoms with Gasteiger partial charge in [-0.1, -0.05) is 30.3 Å². The molecule has 180 valence electrons. The number of ether oxygens (including phenoxy) is 2. The van der Waals surface area contributed by atoms with Gasteiger partial charge in [-0.25, -0.2) is 9.98 Å². The molecule has 0 atom stereocenters. The van der Waals surface area contributed by atoms with E-state index >= 15 is 0 Å². The Balaban J connectivity index is 0.00000306. The van der Waals surface area contributed by atoms with E-state index in [4.69, 9.17) is 14.5 Å². The number of pyridine rings is 1. The molecule has 0 amide bonds. The van der Waals surface area contributed by atoms with E-state index in [1.165, 1.54) is 11.1 Å². The number of piperazine rings is 1. The Morgan fingerprint density at radius 1 is 1.06 bits per heavy atom. The van der Waals surface area contributed by atoms with E-state index in [1.807, 2.05) is 18.3 Å². The molecule has 0 saturated carbocycles. The van der Waals surface area contributed by atoms with Crippen LogP contribution in [0.4, 0.5) is 5.82 Å². The molecular formula is C25H36IN5O2. The minimum absolute atomic E-state index is 0. The van der Waals surface area contributed by atoms with E-state index in [2.05, 4.69) is 57.4 Å². The van der Waals surface area contributed by atoms with Gasteiger partial charge in [-0.05, 0) is 43.0 Å². The maximum Gasteiger partial charge on any atom is 0.194 e. The Morgan fingerprint density at radius 3 is 2.45 bits per heavy atom. The van der Waals surface area contributed by atoms with E-state index in [0.29, 0.717) is 19.3 Å². The van der Waals surface area contributed by atoms with Crippen LogP contribution in [-0.2, 0) is 22.6 Å². The van der Waals surface area contributed by atoms with Crippen LogP contribution in [0.15, 0.2) is 53.7 Å². The Labute approximate surface area is 214 Å². The second kappa shape index (κ2) is 13.7. The molecule has 2 aliphatic heterocycles. The number of hydrogen-bond donors (Lipinski definition) is 1. The molecule has 33 heavy (non-hydrogen) atoms. The third-order valence-electron chi connectivity index (χ3n) is 5.98. The molecule has 2 aliphatic rings. The van der Waals surface area contributed by atoms with Gasteiger partial charge in [-0.3, -0.25) is 0 Å². The summed E-state index contributed by atoms with van der Waals surface area (Å²) < 4.78 is 11.4. The number of nitrogens with zero attached hydrogens (tertiary/aromatic N) is 4. The summed E-state index contributed by atoms with van der Waals surface area (Å²) in [7, 11) is 0. The van der Waals surface area contributed by atoms with Crippen molar-refractivity contribution in [3.8, 4) is 0 Å². The van der Waals surface area contributed by atoms with Crippen molar-refractivity contribution in [1.29, 1.82) is 0 Å². The highest BCUT2D eigenvalue weighted by Gasteiger charge is 2.20. The fourth-order valence-electron chi connectivity index (χ4n) is 4.08. The number of nitrogens with one attached hydrogen (secondary N) is 1. The smallest absolute Gasteiger partial charge is 0.194 e. The molecule has 2 fully saturated rings. The van der Waals surface area contributed by atoms with Crippen molar-refractivity contribution in [2.45, 2.75) is 39.0 Å². The molecule has 3 heterocycles. The Hall–Kier alpha value is -1.91. The lowest BCUT2D eigenvalue weighted by Crippen LogP contribution is -2.52. The minimum atomic E-state index is 0. The fraction of sp³-hybridized carbons (Fsp3) is 0.520. The third-order valence-corrected chi connectivity index (χ3v) is 5.98. The van der Waals surface area contributed by atoms with Crippen LogP contribution in [0.1, 0.15) is 30.9 Å². The van der Waals surface area contributed by atoms with Gasteiger partial charge in [0, 0.05) is 52.1 Å². The Kier molecular flexibility index (Phi) is 10.7. The number of aliphatic imine (C=N–C) groups is 1. The van der Waals surface area contributed by atoms with Crippen LogP contribution in [0.25, 0.3) is 0 Å². The first-order chi connectivity index (χ1) is 15.8. The first-order valence-corrected chi connectivity index (χ1v) is 11.8. The van der Waals surface area contributed by atoms with Crippen molar-refractivity contribution in [3.63, 3.8) is 0 Å². The van der Waals surface area contributed by atoms with Crippen LogP contribution >= 0.6 is 24.0 Å². The highest BCUT2D eigenvalue weighted by atomic mass is 127. The fourth-order valence-corrected chi connectivity index (χ4v) is 4.08. The molecule has 8 heteroatoms. The highest BCUT2D eigenvalue weighted by molar-refractivity contribution is 14.0. The van der Waals surface area contributed by atoms with Gasteiger partial charge < -0.3 is 24.6 Å². The lowest BCUT2D eigenvalue weighted by atomic mass is 10.1. The van der Waals surface area contributed by atoms with Gasteiger partial charge in [0.1, 0.15) is 5.82 Å². The number of anilines is 1. The molecule has 7 nitrogen and oxygen atoms in total. The van der Waals surface area contributed by atoms with Gasteiger partial charge in [0.2, 0.25) is 0 Å². The van der Waals surface area contributed by atoms with Crippen molar-refractivity contribution in [3.05, 3.63) is 59.8 Å². The molecule has 2 aromatic rings. The standard InChI is InChI=1S/C25H35N5O2.HI/c1-2-26-25(30-15-13-29(14-16-30)24-5-3-4-12-27-24)28-19-21-6-8-22(9-7-21)20-32-23-10-17-31-18-11-23;/h3-9,12,23H,2,10-11,13-20H2,1H3,(H,26,28);1H. The zero-order valence-electron chi connectivity index (χ0n) is 19.5. The summed E-state index contributed by atoms with van der Waals surface area (Å²) in [4.78, 5) is 14.1. The quantitative estimate of drug-likeness (QED) is 0.314. The molecule has 0 unspecified atom stereocenters. The molecule has 0 aliphatic carbocycles. The molecule has 2 saturated heterocycles. The Bertz CT molecular complexity index is 836. The average molecular weight is 566 g/mol. The van der Waals surface area contributed by atoms with Crippen LogP contribution in [0.2, 0.25) is 0 Å². The summed E-state index contributed by atoms with van der Waals surface area (Å²) in [6.07, 6.45) is 4.18. The van der Waals surface area contributed by atoms with Gasteiger partial charge in [0.15, 0.2) is 5.96 Å². The van der Waals surface area contributed by atoms with E-state index in [1.54, 1.807) is 0 Å².